The van der Waals surface area contributed by atoms with Crippen molar-refractivity contribution in [2.24, 2.45) is 0 Å². The first-order chi connectivity index (χ1) is 15.2. The van der Waals surface area contributed by atoms with E-state index in [2.05, 4.69) is 14.9 Å². The van der Waals surface area contributed by atoms with E-state index in [0.29, 0.717) is 25.4 Å². The van der Waals surface area contributed by atoms with Crippen LogP contribution in [0.4, 0.5) is 0 Å². The lowest BCUT2D eigenvalue weighted by molar-refractivity contribution is -0.0258. The maximum absolute atomic E-state index is 12.9. The lowest BCUT2D eigenvalue weighted by Gasteiger charge is -2.33. The standard InChI is InChI=1S/C22H26N6O3/c1-16-17(14-26-8-11-30-12-9-26)21-24-7-5-19(28(21)25-16)20-15-27(10-13-31-20)22(29)18-4-2-3-6-23-18/h2-7,20H,8-15H2,1H3/t20-/m0/s1. The molecule has 0 saturated carbocycles. The molecule has 2 saturated heterocycles. The highest BCUT2D eigenvalue weighted by molar-refractivity contribution is 5.92. The van der Waals surface area contributed by atoms with Gasteiger partial charge in [0.2, 0.25) is 0 Å². The monoisotopic (exact) mass is 422 g/mol. The summed E-state index contributed by atoms with van der Waals surface area (Å²) < 4.78 is 13.4. The predicted molar refractivity (Wildman–Crippen MR) is 113 cm³/mol. The second kappa shape index (κ2) is 8.70. The van der Waals surface area contributed by atoms with Gasteiger partial charge in [-0.1, -0.05) is 6.07 Å². The molecule has 2 aliphatic heterocycles. The van der Waals surface area contributed by atoms with Crippen LogP contribution in [0.3, 0.4) is 0 Å². The molecule has 5 heterocycles. The molecule has 2 aliphatic rings. The number of hydrogen-bond donors (Lipinski definition) is 0. The molecule has 0 radical (unpaired) electrons. The van der Waals surface area contributed by atoms with Gasteiger partial charge in [0, 0.05) is 44.1 Å². The summed E-state index contributed by atoms with van der Waals surface area (Å²) in [4.78, 5) is 25.9. The Labute approximate surface area is 180 Å². The van der Waals surface area contributed by atoms with Crippen molar-refractivity contribution in [2.75, 3.05) is 46.0 Å². The molecule has 31 heavy (non-hydrogen) atoms. The molecule has 3 aromatic rings. The molecule has 0 aromatic carbocycles. The first kappa shape index (κ1) is 20.0. The molecule has 9 nitrogen and oxygen atoms in total. The van der Waals surface area contributed by atoms with Crippen molar-refractivity contribution in [3.63, 3.8) is 0 Å². The molecule has 5 rings (SSSR count). The van der Waals surface area contributed by atoms with Crippen LogP contribution in [-0.4, -0.2) is 81.3 Å². The third-order valence-corrected chi connectivity index (χ3v) is 5.90. The lowest BCUT2D eigenvalue weighted by Crippen LogP contribution is -2.43. The van der Waals surface area contributed by atoms with Crippen LogP contribution in [0.2, 0.25) is 0 Å². The summed E-state index contributed by atoms with van der Waals surface area (Å²) in [7, 11) is 0. The molecule has 0 unspecified atom stereocenters. The fourth-order valence-electron chi connectivity index (χ4n) is 4.19. The number of pyridine rings is 1. The number of nitrogens with zero attached hydrogens (tertiary/aromatic N) is 6. The Morgan fingerprint density at radius 3 is 2.77 bits per heavy atom. The largest absolute Gasteiger partial charge is 0.379 e. The third kappa shape index (κ3) is 4.04. The van der Waals surface area contributed by atoms with Gasteiger partial charge in [-0.3, -0.25) is 14.7 Å². The number of ether oxygens (including phenoxy) is 2. The molecule has 162 valence electrons. The summed E-state index contributed by atoms with van der Waals surface area (Å²) in [5.74, 6) is -0.0798. The SMILES string of the molecule is Cc1nn2c([C@@H]3CN(C(=O)c4ccccn4)CCO3)ccnc2c1CN1CCOCC1. The smallest absolute Gasteiger partial charge is 0.272 e. The van der Waals surface area contributed by atoms with Crippen molar-refractivity contribution in [1.29, 1.82) is 0 Å². The zero-order valence-corrected chi connectivity index (χ0v) is 17.6. The highest BCUT2D eigenvalue weighted by atomic mass is 16.5. The van der Waals surface area contributed by atoms with Gasteiger partial charge < -0.3 is 14.4 Å². The number of carbonyl (C=O) groups excluding carboxylic acids is 1. The van der Waals surface area contributed by atoms with E-state index >= 15 is 0 Å². The molecule has 3 aromatic heterocycles. The average molecular weight is 422 g/mol. The molecule has 2 fully saturated rings. The summed E-state index contributed by atoms with van der Waals surface area (Å²) in [6, 6.07) is 7.30. The van der Waals surface area contributed by atoms with E-state index in [1.54, 1.807) is 29.4 Å². The van der Waals surface area contributed by atoms with E-state index < -0.39 is 0 Å². The Balaban J connectivity index is 1.40. The predicted octanol–water partition coefficient (Wildman–Crippen LogP) is 1.48. The quantitative estimate of drug-likeness (QED) is 0.630. The van der Waals surface area contributed by atoms with Crippen LogP contribution in [0, 0.1) is 6.92 Å². The second-order valence-corrected chi connectivity index (χ2v) is 7.88. The van der Waals surface area contributed by atoms with Crippen LogP contribution in [0.25, 0.3) is 5.65 Å². The zero-order valence-electron chi connectivity index (χ0n) is 17.6. The van der Waals surface area contributed by atoms with Crippen molar-refractivity contribution in [2.45, 2.75) is 19.6 Å². The van der Waals surface area contributed by atoms with Gasteiger partial charge in [-0.05, 0) is 25.1 Å². The van der Waals surface area contributed by atoms with Crippen LogP contribution in [-0.2, 0) is 16.0 Å². The van der Waals surface area contributed by atoms with Crippen LogP contribution >= 0.6 is 0 Å². The van der Waals surface area contributed by atoms with Crippen molar-refractivity contribution < 1.29 is 14.3 Å². The number of rotatable bonds is 4. The van der Waals surface area contributed by atoms with Gasteiger partial charge in [-0.2, -0.15) is 5.10 Å². The van der Waals surface area contributed by atoms with Crippen molar-refractivity contribution in [1.82, 2.24) is 29.4 Å². The topological polar surface area (TPSA) is 85.1 Å². The van der Waals surface area contributed by atoms with Gasteiger partial charge in [0.05, 0.1) is 37.8 Å². The first-order valence-corrected chi connectivity index (χ1v) is 10.7. The maximum Gasteiger partial charge on any atom is 0.272 e. The number of amides is 1. The molecule has 0 spiro atoms. The molecule has 0 bridgehead atoms. The van der Waals surface area contributed by atoms with Crippen molar-refractivity contribution in [3.8, 4) is 0 Å². The van der Waals surface area contributed by atoms with Gasteiger partial charge in [-0.15, -0.1) is 0 Å². The molecular weight excluding hydrogens is 396 g/mol. The number of aromatic nitrogens is 4. The van der Waals surface area contributed by atoms with Crippen molar-refractivity contribution >= 4 is 11.6 Å². The molecule has 0 N–H and O–H groups in total. The Morgan fingerprint density at radius 2 is 1.97 bits per heavy atom. The average Bonchev–Trinajstić information content (AvgIpc) is 3.15. The zero-order chi connectivity index (χ0) is 21.2. The van der Waals surface area contributed by atoms with Crippen LogP contribution in [0.1, 0.15) is 33.5 Å². The number of aryl methyl sites for hydroxylation is 1. The molecule has 9 heteroatoms. The Kier molecular flexibility index (Phi) is 5.63. The Bertz CT molecular complexity index is 1060. The second-order valence-electron chi connectivity index (χ2n) is 7.88. The minimum absolute atomic E-state index is 0.0798. The fraction of sp³-hybridized carbons (Fsp3) is 0.455. The van der Waals surface area contributed by atoms with Crippen LogP contribution in [0.5, 0.6) is 0 Å². The van der Waals surface area contributed by atoms with Crippen LogP contribution < -0.4 is 0 Å². The van der Waals surface area contributed by atoms with Gasteiger partial charge in [0.1, 0.15) is 11.8 Å². The third-order valence-electron chi connectivity index (χ3n) is 5.90. The van der Waals surface area contributed by atoms with E-state index in [1.165, 1.54) is 0 Å². The fourth-order valence-corrected chi connectivity index (χ4v) is 4.19. The minimum atomic E-state index is -0.276. The van der Waals surface area contributed by atoms with Gasteiger partial charge >= 0.3 is 0 Å². The Morgan fingerprint density at radius 1 is 1.10 bits per heavy atom. The minimum Gasteiger partial charge on any atom is -0.379 e. The summed E-state index contributed by atoms with van der Waals surface area (Å²) in [5, 5.41) is 4.78. The summed E-state index contributed by atoms with van der Waals surface area (Å²) in [5.41, 5.74) is 4.29. The first-order valence-electron chi connectivity index (χ1n) is 10.7. The van der Waals surface area contributed by atoms with E-state index in [-0.39, 0.29) is 12.0 Å². The maximum atomic E-state index is 12.9. The van der Waals surface area contributed by atoms with Gasteiger partial charge in [0.25, 0.3) is 5.91 Å². The number of carbonyl (C=O) groups is 1. The lowest BCUT2D eigenvalue weighted by atomic mass is 10.1. The normalized spacial score (nSPS) is 20.3. The number of hydrogen-bond acceptors (Lipinski definition) is 7. The number of morpholine rings is 2. The van der Waals surface area contributed by atoms with E-state index in [0.717, 1.165) is 55.4 Å². The van der Waals surface area contributed by atoms with Crippen molar-refractivity contribution in [3.05, 3.63) is 59.3 Å². The summed E-state index contributed by atoms with van der Waals surface area (Å²) >= 11 is 0. The molecule has 1 atom stereocenters. The Hall–Kier alpha value is -2.88. The summed E-state index contributed by atoms with van der Waals surface area (Å²) in [6.45, 7) is 7.61. The van der Waals surface area contributed by atoms with Gasteiger partial charge in [0.15, 0.2) is 5.65 Å². The number of fused-ring (bicyclic) bond motifs is 1. The highest BCUT2D eigenvalue weighted by Gasteiger charge is 2.29. The molecular formula is C22H26N6O3. The highest BCUT2D eigenvalue weighted by Crippen LogP contribution is 2.26. The van der Waals surface area contributed by atoms with E-state index in [1.807, 2.05) is 23.6 Å². The molecule has 1 amide bonds. The van der Waals surface area contributed by atoms with E-state index in [9.17, 15) is 4.79 Å². The van der Waals surface area contributed by atoms with Crippen LogP contribution in [0.15, 0.2) is 36.7 Å². The summed E-state index contributed by atoms with van der Waals surface area (Å²) in [6.07, 6.45) is 3.17. The van der Waals surface area contributed by atoms with E-state index in [4.69, 9.17) is 14.6 Å². The molecule has 0 aliphatic carbocycles. The van der Waals surface area contributed by atoms with Gasteiger partial charge in [-0.25, -0.2) is 9.50 Å².